The van der Waals surface area contributed by atoms with Gasteiger partial charge in [0.25, 0.3) is 0 Å². The van der Waals surface area contributed by atoms with Crippen molar-refractivity contribution in [2.75, 3.05) is 0 Å². The van der Waals surface area contributed by atoms with Crippen LogP contribution in [0.4, 0.5) is 0 Å². The topological polar surface area (TPSA) is 54.0 Å². The highest BCUT2D eigenvalue weighted by atomic mass is 32.1. The van der Waals surface area contributed by atoms with E-state index >= 15 is 0 Å². The minimum atomic E-state index is -0.172. The summed E-state index contributed by atoms with van der Waals surface area (Å²) >= 11 is 1.64. The summed E-state index contributed by atoms with van der Waals surface area (Å²) in [6.07, 6.45) is 7.49. The largest absolute Gasteiger partial charge is 0.352 e. The molecule has 1 fully saturated rings. The highest BCUT2D eigenvalue weighted by Crippen LogP contribution is 2.20. The number of nitrogens with one attached hydrogen (secondary N) is 2. The molecular weight excluding hydrogens is 258 g/mol. The lowest BCUT2D eigenvalue weighted by Crippen LogP contribution is -2.46. The maximum absolute atomic E-state index is 12.1. The zero-order valence-electron chi connectivity index (χ0n) is 11.7. The van der Waals surface area contributed by atoms with E-state index in [1.807, 2.05) is 18.5 Å². The number of hydrogen-bond donors (Lipinski definition) is 2. The van der Waals surface area contributed by atoms with E-state index < -0.39 is 0 Å². The number of nitrogens with zero attached hydrogens (tertiary/aromatic N) is 1. The second kappa shape index (κ2) is 7.01. The van der Waals surface area contributed by atoms with Gasteiger partial charge in [0.15, 0.2) is 0 Å². The number of carbonyl (C=O) groups excluding carboxylic acids is 1. The van der Waals surface area contributed by atoms with Gasteiger partial charge in [-0.3, -0.25) is 10.1 Å². The van der Waals surface area contributed by atoms with Crippen LogP contribution in [0.25, 0.3) is 0 Å². The Morgan fingerprint density at radius 1 is 1.53 bits per heavy atom. The molecule has 4 nitrogen and oxygen atoms in total. The highest BCUT2D eigenvalue weighted by Gasteiger charge is 2.23. The van der Waals surface area contributed by atoms with Gasteiger partial charge in [0.1, 0.15) is 5.01 Å². The van der Waals surface area contributed by atoms with Gasteiger partial charge in [-0.25, -0.2) is 4.98 Å². The summed E-state index contributed by atoms with van der Waals surface area (Å²) < 4.78 is 0. The zero-order chi connectivity index (χ0) is 13.7. The monoisotopic (exact) mass is 281 g/mol. The van der Waals surface area contributed by atoms with Gasteiger partial charge >= 0.3 is 0 Å². The van der Waals surface area contributed by atoms with Gasteiger partial charge in [0, 0.05) is 17.6 Å². The van der Waals surface area contributed by atoms with E-state index in [4.69, 9.17) is 0 Å². The van der Waals surface area contributed by atoms with E-state index in [0.29, 0.717) is 6.04 Å². The molecule has 0 bridgehead atoms. The molecule has 0 spiro atoms. The van der Waals surface area contributed by atoms with Crippen molar-refractivity contribution in [2.45, 2.75) is 64.1 Å². The van der Waals surface area contributed by atoms with Gasteiger partial charge < -0.3 is 5.32 Å². The molecule has 2 unspecified atom stereocenters. The summed E-state index contributed by atoms with van der Waals surface area (Å²) in [5.41, 5.74) is 0. The van der Waals surface area contributed by atoms with Crippen molar-refractivity contribution in [1.82, 2.24) is 15.6 Å². The Bertz CT molecular complexity index is 387. The molecule has 2 N–H and O–H groups in total. The molecular formula is C14H23N3OS. The van der Waals surface area contributed by atoms with Crippen molar-refractivity contribution in [2.24, 2.45) is 0 Å². The van der Waals surface area contributed by atoms with E-state index in [1.54, 1.807) is 11.3 Å². The van der Waals surface area contributed by atoms with Crippen LogP contribution in [0.15, 0.2) is 11.6 Å². The van der Waals surface area contributed by atoms with Crippen LogP contribution in [0.2, 0.25) is 0 Å². The lowest BCUT2D eigenvalue weighted by atomic mass is 10.2. The second-order valence-electron chi connectivity index (χ2n) is 5.21. The molecule has 19 heavy (non-hydrogen) atoms. The predicted molar refractivity (Wildman–Crippen MR) is 78.1 cm³/mol. The molecule has 5 heteroatoms. The second-order valence-corrected chi connectivity index (χ2v) is 6.14. The third-order valence-electron chi connectivity index (χ3n) is 3.70. The SMILES string of the molecule is CCC(NC(C)C(=O)NC1CCCC1)c1nccs1. The van der Waals surface area contributed by atoms with Crippen molar-refractivity contribution in [3.8, 4) is 0 Å². The van der Waals surface area contributed by atoms with Gasteiger partial charge in [0.2, 0.25) is 5.91 Å². The standard InChI is InChI=1S/C14H23N3OS/c1-3-12(14-15-8-9-19-14)16-10(2)13(18)17-11-6-4-5-7-11/h8-12,16H,3-7H2,1-2H3,(H,17,18). The third kappa shape index (κ3) is 4.01. The van der Waals surface area contributed by atoms with Crippen LogP contribution in [0.3, 0.4) is 0 Å². The van der Waals surface area contributed by atoms with Crippen LogP contribution in [0, 0.1) is 0 Å². The number of thiazole rings is 1. The van der Waals surface area contributed by atoms with Gasteiger partial charge in [-0.2, -0.15) is 0 Å². The first-order valence-electron chi connectivity index (χ1n) is 7.16. The number of rotatable bonds is 6. The molecule has 1 amide bonds. The van der Waals surface area contributed by atoms with Gasteiger partial charge in [0.05, 0.1) is 12.1 Å². The van der Waals surface area contributed by atoms with Crippen LogP contribution >= 0.6 is 11.3 Å². The molecule has 106 valence electrons. The number of aromatic nitrogens is 1. The zero-order valence-corrected chi connectivity index (χ0v) is 12.5. The van der Waals surface area contributed by atoms with E-state index in [9.17, 15) is 4.79 Å². The van der Waals surface area contributed by atoms with Crippen molar-refractivity contribution in [3.63, 3.8) is 0 Å². The molecule has 0 aliphatic heterocycles. The van der Waals surface area contributed by atoms with Crippen molar-refractivity contribution in [1.29, 1.82) is 0 Å². The molecule has 1 aromatic rings. The molecule has 0 aromatic carbocycles. The van der Waals surface area contributed by atoms with Crippen LogP contribution in [-0.4, -0.2) is 23.0 Å². The van der Waals surface area contributed by atoms with Crippen molar-refractivity contribution >= 4 is 17.2 Å². The summed E-state index contributed by atoms with van der Waals surface area (Å²) in [6, 6.07) is 0.385. The van der Waals surface area contributed by atoms with Crippen molar-refractivity contribution < 1.29 is 4.79 Å². The fourth-order valence-corrected chi connectivity index (χ4v) is 3.33. The van der Waals surface area contributed by atoms with Gasteiger partial charge in [-0.15, -0.1) is 11.3 Å². The van der Waals surface area contributed by atoms with Crippen molar-refractivity contribution in [3.05, 3.63) is 16.6 Å². The molecule has 1 heterocycles. The first kappa shape index (κ1) is 14.5. The summed E-state index contributed by atoms with van der Waals surface area (Å²) in [5, 5.41) is 9.55. The molecule has 2 atom stereocenters. The van der Waals surface area contributed by atoms with Crippen LogP contribution in [0.1, 0.15) is 57.0 Å². The molecule has 1 aromatic heterocycles. The highest BCUT2D eigenvalue weighted by molar-refractivity contribution is 7.09. The summed E-state index contributed by atoms with van der Waals surface area (Å²) in [4.78, 5) is 16.5. The predicted octanol–water partition coefficient (Wildman–Crippen LogP) is 2.63. The Morgan fingerprint density at radius 3 is 2.84 bits per heavy atom. The third-order valence-corrected chi connectivity index (χ3v) is 4.59. The van der Waals surface area contributed by atoms with Gasteiger partial charge in [-0.1, -0.05) is 19.8 Å². The summed E-state index contributed by atoms with van der Waals surface area (Å²) in [6.45, 7) is 4.04. The molecule has 2 rings (SSSR count). The lowest BCUT2D eigenvalue weighted by molar-refractivity contribution is -0.123. The first-order valence-corrected chi connectivity index (χ1v) is 8.04. The maximum Gasteiger partial charge on any atom is 0.237 e. The molecule has 1 aliphatic rings. The quantitative estimate of drug-likeness (QED) is 0.843. The molecule has 1 saturated carbocycles. The Kier molecular flexibility index (Phi) is 5.34. The molecule has 0 saturated heterocycles. The van der Waals surface area contributed by atoms with E-state index in [2.05, 4.69) is 22.5 Å². The maximum atomic E-state index is 12.1. The van der Waals surface area contributed by atoms with Gasteiger partial charge in [-0.05, 0) is 26.2 Å². The minimum absolute atomic E-state index is 0.113. The summed E-state index contributed by atoms with van der Waals surface area (Å²) in [7, 11) is 0. The summed E-state index contributed by atoms with van der Waals surface area (Å²) in [5.74, 6) is 0.113. The van der Waals surface area contributed by atoms with Crippen LogP contribution in [-0.2, 0) is 4.79 Å². The van der Waals surface area contributed by atoms with E-state index in [0.717, 1.165) is 24.3 Å². The van der Waals surface area contributed by atoms with Crippen LogP contribution < -0.4 is 10.6 Å². The average molecular weight is 281 g/mol. The molecule has 1 aliphatic carbocycles. The normalized spacial score (nSPS) is 19.3. The Balaban J connectivity index is 1.84. The Morgan fingerprint density at radius 2 is 2.26 bits per heavy atom. The molecule has 0 radical (unpaired) electrons. The fourth-order valence-electron chi connectivity index (χ4n) is 2.54. The fraction of sp³-hybridized carbons (Fsp3) is 0.714. The van der Waals surface area contributed by atoms with E-state index in [-0.39, 0.29) is 18.0 Å². The minimum Gasteiger partial charge on any atom is -0.352 e. The smallest absolute Gasteiger partial charge is 0.237 e. The number of amides is 1. The van der Waals surface area contributed by atoms with E-state index in [1.165, 1.54) is 12.8 Å². The lowest BCUT2D eigenvalue weighted by Gasteiger charge is -2.22. The average Bonchev–Trinajstić information content (AvgIpc) is 3.08. The Labute approximate surface area is 119 Å². The number of hydrogen-bond acceptors (Lipinski definition) is 4. The van der Waals surface area contributed by atoms with Crippen LogP contribution in [0.5, 0.6) is 0 Å². The number of carbonyl (C=O) groups is 1. The Hall–Kier alpha value is -0.940. The first-order chi connectivity index (χ1) is 9.20.